The molecule has 0 saturated heterocycles. The molecule has 2 heterocycles. The summed E-state index contributed by atoms with van der Waals surface area (Å²) in [5.41, 5.74) is 0.836. The first-order valence-corrected chi connectivity index (χ1v) is 17.8. The third kappa shape index (κ3) is 14.5. The number of halogens is 8. The lowest BCUT2D eigenvalue weighted by molar-refractivity contribution is -0.140. The second-order valence-electron chi connectivity index (χ2n) is 9.71. The van der Waals surface area contributed by atoms with E-state index in [2.05, 4.69) is 51.0 Å². The van der Waals surface area contributed by atoms with Crippen molar-refractivity contribution >= 4 is 55.1 Å². The van der Waals surface area contributed by atoms with Crippen molar-refractivity contribution < 1.29 is 72.5 Å². The summed E-state index contributed by atoms with van der Waals surface area (Å²) in [5, 5.41) is 8.88. The Hall–Kier alpha value is -5.29. The number of nitrogens with zero attached hydrogens (tertiary/aromatic N) is 4. The number of nitrogens with one attached hydrogen (secondary N) is 1. The van der Waals surface area contributed by atoms with Gasteiger partial charge in [-0.25, -0.2) is 18.0 Å². The van der Waals surface area contributed by atoms with Crippen LogP contribution in [0, 0.1) is 13.8 Å². The van der Waals surface area contributed by atoms with Crippen LogP contribution in [0.15, 0.2) is 50.3 Å². The number of carbonyl (C=O) groups is 4. The van der Waals surface area contributed by atoms with Crippen molar-refractivity contribution in [3.05, 3.63) is 87.6 Å². The summed E-state index contributed by atoms with van der Waals surface area (Å²) in [6, 6.07) is 5.46. The highest BCUT2D eigenvalue weighted by atomic mass is 35.7. The molecule has 3 N–H and O–H groups in total. The average molecular weight is 852 g/mol. The van der Waals surface area contributed by atoms with E-state index in [0.29, 0.717) is 12.0 Å². The van der Waals surface area contributed by atoms with Gasteiger partial charge in [0.1, 0.15) is 4.90 Å². The van der Waals surface area contributed by atoms with Gasteiger partial charge in [-0.15, -0.1) is 11.6 Å². The number of aromatic nitrogens is 4. The maximum Gasteiger partial charge on any atom is 0.417 e. The molecule has 0 aliphatic rings. The number of ether oxygens (including phenoxy) is 2. The van der Waals surface area contributed by atoms with Crippen LogP contribution in [0.5, 0.6) is 0 Å². The average Bonchev–Trinajstić information content (AvgIpc) is 3.75. The van der Waals surface area contributed by atoms with Gasteiger partial charge in [-0.2, -0.15) is 36.3 Å². The van der Waals surface area contributed by atoms with Gasteiger partial charge in [0.05, 0.1) is 35.5 Å². The zero-order chi connectivity index (χ0) is 42.3. The Morgan fingerprint density at radius 2 is 1.22 bits per heavy atom. The van der Waals surface area contributed by atoms with Crippen molar-refractivity contribution in [2.24, 2.45) is 5.73 Å². The van der Waals surface area contributed by atoms with E-state index in [1.165, 1.54) is 33.2 Å². The van der Waals surface area contributed by atoms with Crippen molar-refractivity contribution in [3.8, 4) is 0 Å². The summed E-state index contributed by atoms with van der Waals surface area (Å²) in [4.78, 5) is 51.5. The minimum absolute atomic E-state index is 0.00299. The van der Waals surface area contributed by atoms with E-state index in [9.17, 15) is 53.9 Å². The summed E-state index contributed by atoms with van der Waals surface area (Å²) < 4.78 is 119. The fourth-order valence-electron chi connectivity index (χ4n) is 3.87. The highest BCUT2D eigenvalue weighted by molar-refractivity contribution is 8.13. The SMILES string of the molecule is CCOC(=O)c1cccc(C(F)(F)F)c1CNC(=O)c1noc(C)n1.CCOC(=O)c1cccc(C(F)(F)F)c1S(=O)(=O)Cl.CCl.Cc1nc(C(N)=O)no1. The highest BCUT2D eigenvalue weighted by Crippen LogP contribution is 2.37. The summed E-state index contributed by atoms with van der Waals surface area (Å²) >= 11 is 4.64. The molecule has 0 aliphatic heterocycles. The number of hydrogen-bond acceptors (Lipinski definition) is 14. The van der Waals surface area contributed by atoms with Gasteiger partial charge in [-0.1, -0.05) is 22.4 Å². The molecule has 0 bridgehead atoms. The normalized spacial score (nSPS) is 11.0. The Morgan fingerprint density at radius 3 is 1.60 bits per heavy atom. The van der Waals surface area contributed by atoms with E-state index in [4.69, 9.17) is 21.2 Å². The minimum Gasteiger partial charge on any atom is -0.462 e. The van der Waals surface area contributed by atoms with Crippen LogP contribution in [-0.4, -0.2) is 72.0 Å². The summed E-state index contributed by atoms with van der Waals surface area (Å²) in [5.74, 6) is -3.53. The number of esters is 2. The fraction of sp³-hybridized carbons (Fsp3) is 0.333. The molecular weight excluding hydrogens is 821 g/mol. The Bertz CT molecular complexity index is 2060. The van der Waals surface area contributed by atoms with Crippen LogP contribution in [0.3, 0.4) is 0 Å². The summed E-state index contributed by atoms with van der Waals surface area (Å²) in [6.07, 6.45) is -8.19. The van der Waals surface area contributed by atoms with E-state index in [1.54, 1.807) is 6.92 Å². The predicted molar refractivity (Wildman–Crippen MR) is 177 cm³/mol. The van der Waals surface area contributed by atoms with Gasteiger partial charge < -0.3 is 29.6 Å². The molecule has 2 aromatic heterocycles. The quantitative estimate of drug-likeness (QED) is 0.0897. The molecule has 25 heteroatoms. The molecule has 0 spiro atoms. The lowest BCUT2D eigenvalue weighted by Crippen LogP contribution is -2.27. The van der Waals surface area contributed by atoms with Gasteiger partial charge in [-0.05, 0) is 43.7 Å². The van der Waals surface area contributed by atoms with Crippen LogP contribution in [0.1, 0.15) is 84.3 Å². The van der Waals surface area contributed by atoms with E-state index < -0.39 is 78.9 Å². The molecule has 0 radical (unpaired) electrons. The smallest absolute Gasteiger partial charge is 0.417 e. The second-order valence-corrected chi connectivity index (χ2v) is 12.2. The van der Waals surface area contributed by atoms with Gasteiger partial charge >= 0.3 is 24.3 Å². The number of carbonyl (C=O) groups excluding carboxylic acids is 4. The maximum atomic E-state index is 13.2. The van der Waals surface area contributed by atoms with Crippen LogP contribution in [-0.2, 0) is 37.4 Å². The van der Waals surface area contributed by atoms with E-state index in [0.717, 1.165) is 24.3 Å². The first kappa shape index (κ1) is 47.7. The minimum atomic E-state index is -4.96. The fourth-order valence-corrected chi connectivity index (χ4v) is 5.23. The van der Waals surface area contributed by atoms with Crippen LogP contribution >= 0.6 is 22.3 Å². The van der Waals surface area contributed by atoms with Gasteiger partial charge in [0.15, 0.2) is 0 Å². The number of amides is 2. The third-order valence-electron chi connectivity index (χ3n) is 5.94. The molecule has 0 fully saturated rings. The molecule has 0 unspecified atom stereocenters. The number of hydrogen-bond donors (Lipinski definition) is 2. The largest absolute Gasteiger partial charge is 0.462 e. The molecule has 0 aliphatic carbocycles. The molecule has 0 saturated carbocycles. The Morgan fingerprint density at radius 1 is 0.782 bits per heavy atom. The van der Waals surface area contributed by atoms with Crippen LogP contribution in [0.25, 0.3) is 0 Å². The Labute approximate surface area is 317 Å². The summed E-state index contributed by atoms with van der Waals surface area (Å²) in [7, 11) is 0.224. The number of alkyl halides is 7. The standard InChI is InChI=1S/C15H14F3N3O4.C10H8ClF3O4S.C4H5N3O2.CH3Cl/c1-3-24-14(23)9-5-4-6-11(15(16,17)18)10(9)7-19-13(22)12-20-8(2)25-21-12;1-2-18-9(15)6-4-3-5-7(10(12,13)14)8(6)19(11,16)17;1-2-6-4(3(5)8)7-9-2;1-2/h4-6H,3,7H2,1-2H3,(H,19,22);3-5H,2H2,1H3;1H3,(H2,5,8);1H3. The monoisotopic (exact) mass is 850 g/mol. The molecule has 302 valence electrons. The highest BCUT2D eigenvalue weighted by Gasteiger charge is 2.39. The summed E-state index contributed by atoms with van der Waals surface area (Å²) in [6.45, 7) is 5.34. The van der Waals surface area contributed by atoms with Crippen molar-refractivity contribution in [3.63, 3.8) is 0 Å². The molecule has 2 aromatic carbocycles. The third-order valence-corrected chi connectivity index (χ3v) is 7.33. The zero-order valence-electron chi connectivity index (χ0n) is 29.0. The molecule has 16 nitrogen and oxygen atoms in total. The number of nitrogens with two attached hydrogens (primary N) is 1. The Balaban J connectivity index is 0.000000442. The van der Waals surface area contributed by atoms with Gasteiger partial charge in [0, 0.05) is 37.5 Å². The van der Waals surface area contributed by atoms with Crippen molar-refractivity contribution in [2.75, 3.05) is 19.6 Å². The molecule has 4 aromatic rings. The number of rotatable bonds is 9. The van der Waals surface area contributed by atoms with Gasteiger partial charge in [0.25, 0.3) is 32.5 Å². The molecule has 0 atom stereocenters. The molecule has 4 rings (SSSR count). The zero-order valence-corrected chi connectivity index (χ0v) is 31.3. The van der Waals surface area contributed by atoms with Crippen LogP contribution < -0.4 is 11.1 Å². The number of aryl methyl sites for hydroxylation is 2. The first-order valence-electron chi connectivity index (χ1n) is 14.8. The topological polar surface area (TPSA) is 237 Å². The lowest BCUT2D eigenvalue weighted by atomic mass is 10.00. The maximum absolute atomic E-state index is 13.2. The molecule has 2 amide bonds. The second kappa shape index (κ2) is 21.0. The molecular formula is C30H30Cl2F6N6O10S. The van der Waals surface area contributed by atoms with Crippen LogP contribution in [0.2, 0.25) is 0 Å². The van der Waals surface area contributed by atoms with E-state index in [1.807, 2.05) is 0 Å². The number of benzene rings is 2. The van der Waals surface area contributed by atoms with Crippen molar-refractivity contribution in [1.29, 1.82) is 0 Å². The van der Waals surface area contributed by atoms with Crippen LogP contribution in [0.4, 0.5) is 26.3 Å². The number of primary amides is 1. The predicted octanol–water partition coefficient (Wildman–Crippen LogP) is 5.65. The first-order chi connectivity index (χ1) is 25.5. The van der Waals surface area contributed by atoms with Crippen molar-refractivity contribution in [1.82, 2.24) is 25.6 Å². The lowest BCUT2D eigenvalue weighted by Gasteiger charge is -2.16. The molecule has 55 heavy (non-hydrogen) atoms. The van der Waals surface area contributed by atoms with Gasteiger partial charge in [-0.3, -0.25) is 9.59 Å². The van der Waals surface area contributed by atoms with E-state index in [-0.39, 0.29) is 36.3 Å². The van der Waals surface area contributed by atoms with E-state index >= 15 is 0 Å². The van der Waals surface area contributed by atoms with Crippen molar-refractivity contribution in [2.45, 2.75) is 51.5 Å². The Kier molecular flexibility index (Phi) is 18.2. The van der Waals surface area contributed by atoms with Gasteiger partial charge in [0.2, 0.25) is 11.8 Å².